The molecule has 0 bridgehead atoms. The normalized spacial score (nSPS) is 11.4. The highest BCUT2D eigenvalue weighted by Gasteiger charge is 1.99. The number of ether oxygens (including phenoxy) is 1. The third-order valence-electron chi connectivity index (χ3n) is 2.79. The Balaban J connectivity index is 2.25. The van der Waals surface area contributed by atoms with Crippen LogP contribution < -0.4 is 10.6 Å². The van der Waals surface area contributed by atoms with Crippen molar-refractivity contribution in [3.05, 3.63) is 29.6 Å². The van der Waals surface area contributed by atoms with E-state index in [0.717, 1.165) is 32.1 Å². The van der Waals surface area contributed by atoms with Gasteiger partial charge in [-0.25, -0.2) is 0 Å². The minimum Gasteiger partial charge on any atom is -0.380 e. The van der Waals surface area contributed by atoms with E-state index < -0.39 is 0 Å². The second kappa shape index (κ2) is 9.33. The van der Waals surface area contributed by atoms with Crippen molar-refractivity contribution in [3.8, 4) is 0 Å². The van der Waals surface area contributed by atoms with Gasteiger partial charge in [-0.3, -0.25) is 9.98 Å². The highest BCUT2D eigenvalue weighted by Crippen LogP contribution is 2.04. The quantitative estimate of drug-likeness (QED) is 0.440. The van der Waals surface area contributed by atoms with Crippen molar-refractivity contribution in [1.29, 1.82) is 0 Å². The third kappa shape index (κ3) is 6.20. The highest BCUT2D eigenvalue weighted by molar-refractivity contribution is 5.79. The van der Waals surface area contributed by atoms with Crippen LogP contribution in [0.1, 0.15) is 18.1 Å². The summed E-state index contributed by atoms with van der Waals surface area (Å²) in [5.41, 5.74) is 2.54. The average Bonchev–Trinajstić information content (AvgIpc) is 2.43. The number of rotatable bonds is 7. The van der Waals surface area contributed by atoms with Gasteiger partial charge >= 0.3 is 0 Å². The molecule has 0 radical (unpaired) electrons. The lowest BCUT2D eigenvalue weighted by Crippen LogP contribution is -2.39. The first-order valence-corrected chi connectivity index (χ1v) is 6.69. The fraction of sp³-hybridized carbons (Fsp3) is 0.571. The summed E-state index contributed by atoms with van der Waals surface area (Å²) in [5, 5.41) is 6.49. The number of hydrogen-bond donors (Lipinski definition) is 2. The van der Waals surface area contributed by atoms with E-state index in [-0.39, 0.29) is 0 Å². The standard InChI is InChI=1S/C14H24N4O/c1-4-19-10-9-18-14(15-3)17-8-6-13-5-7-16-11-12(13)2/h5,7,11H,4,6,8-10H2,1-3H3,(H2,15,17,18). The molecule has 0 spiro atoms. The van der Waals surface area contributed by atoms with Crippen LogP contribution >= 0.6 is 0 Å². The molecule has 106 valence electrons. The molecule has 0 fully saturated rings. The summed E-state index contributed by atoms with van der Waals surface area (Å²) in [6, 6.07) is 2.06. The number of aliphatic imine (C=N–C) groups is 1. The first kappa shape index (κ1) is 15.4. The Labute approximate surface area is 115 Å². The molecule has 0 aliphatic carbocycles. The van der Waals surface area contributed by atoms with Gasteiger partial charge in [0.1, 0.15) is 0 Å². The Hall–Kier alpha value is -1.62. The largest absolute Gasteiger partial charge is 0.380 e. The number of pyridine rings is 1. The van der Waals surface area contributed by atoms with Crippen molar-refractivity contribution in [2.24, 2.45) is 4.99 Å². The van der Waals surface area contributed by atoms with E-state index in [1.165, 1.54) is 11.1 Å². The van der Waals surface area contributed by atoms with E-state index in [4.69, 9.17) is 4.74 Å². The topological polar surface area (TPSA) is 58.5 Å². The number of guanidine groups is 1. The first-order valence-electron chi connectivity index (χ1n) is 6.69. The molecule has 1 rings (SSSR count). The Bertz CT molecular complexity index is 393. The van der Waals surface area contributed by atoms with Crippen molar-refractivity contribution in [2.75, 3.05) is 33.4 Å². The van der Waals surface area contributed by atoms with Gasteiger partial charge in [-0.15, -0.1) is 0 Å². The highest BCUT2D eigenvalue weighted by atomic mass is 16.5. The molecule has 1 heterocycles. The Kier molecular flexibility index (Phi) is 7.58. The zero-order valence-electron chi connectivity index (χ0n) is 12.1. The van der Waals surface area contributed by atoms with Gasteiger partial charge < -0.3 is 15.4 Å². The van der Waals surface area contributed by atoms with Crippen molar-refractivity contribution >= 4 is 5.96 Å². The zero-order chi connectivity index (χ0) is 13.9. The van der Waals surface area contributed by atoms with Crippen LogP contribution in [0.15, 0.2) is 23.5 Å². The third-order valence-corrected chi connectivity index (χ3v) is 2.79. The molecule has 0 aromatic carbocycles. The van der Waals surface area contributed by atoms with Crippen molar-refractivity contribution in [2.45, 2.75) is 20.3 Å². The molecule has 0 amide bonds. The second-order valence-electron chi connectivity index (χ2n) is 4.17. The number of nitrogens with one attached hydrogen (secondary N) is 2. The van der Waals surface area contributed by atoms with Crippen LogP contribution in [0.3, 0.4) is 0 Å². The predicted octanol–water partition coefficient (Wildman–Crippen LogP) is 1.13. The summed E-state index contributed by atoms with van der Waals surface area (Å²) in [5.74, 6) is 0.811. The fourth-order valence-electron chi connectivity index (χ4n) is 1.70. The molecule has 0 saturated heterocycles. The van der Waals surface area contributed by atoms with Crippen molar-refractivity contribution in [3.63, 3.8) is 0 Å². The first-order chi connectivity index (χ1) is 9.27. The molecule has 1 aromatic rings. The molecule has 0 unspecified atom stereocenters. The van der Waals surface area contributed by atoms with Crippen LogP contribution in [-0.4, -0.2) is 44.3 Å². The molecule has 0 saturated carbocycles. The average molecular weight is 264 g/mol. The van der Waals surface area contributed by atoms with Gasteiger partial charge in [-0.2, -0.15) is 0 Å². The Morgan fingerprint density at radius 2 is 2.16 bits per heavy atom. The van der Waals surface area contributed by atoms with E-state index in [9.17, 15) is 0 Å². The van der Waals surface area contributed by atoms with Gasteiger partial charge in [-0.1, -0.05) is 0 Å². The Morgan fingerprint density at radius 1 is 1.37 bits per heavy atom. The smallest absolute Gasteiger partial charge is 0.191 e. The molecule has 19 heavy (non-hydrogen) atoms. The van der Waals surface area contributed by atoms with Gasteiger partial charge in [0.2, 0.25) is 0 Å². The van der Waals surface area contributed by atoms with Gasteiger partial charge in [0.05, 0.1) is 6.61 Å². The molecule has 5 heteroatoms. The molecular formula is C14H24N4O. The summed E-state index contributed by atoms with van der Waals surface area (Å²) in [7, 11) is 1.77. The van der Waals surface area contributed by atoms with Crippen LogP contribution in [0.2, 0.25) is 0 Å². The molecule has 1 aromatic heterocycles. The molecular weight excluding hydrogens is 240 g/mol. The molecule has 5 nitrogen and oxygen atoms in total. The van der Waals surface area contributed by atoms with Crippen LogP contribution in [0.4, 0.5) is 0 Å². The maximum Gasteiger partial charge on any atom is 0.191 e. The number of nitrogens with zero attached hydrogens (tertiary/aromatic N) is 2. The maximum atomic E-state index is 5.27. The van der Waals surface area contributed by atoms with E-state index >= 15 is 0 Å². The van der Waals surface area contributed by atoms with Crippen LogP contribution in [0, 0.1) is 6.92 Å². The van der Waals surface area contributed by atoms with Gasteiger partial charge in [0.15, 0.2) is 5.96 Å². The lowest BCUT2D eigenvalue weighted by atomic mass is 10.1. The van der Waals surface area contributed by atoms with Gasteiger partial charge in [0.25, 0.3) is 0 Å². The zero-order valence-corrected chi connectivity index (χ0v) is 12.1. The van der Waals surface area contributed by atoms with Gasteiger partial charge in [-0.05, 0) is 37.5 Å². The van der Waals surface area contributed by atoms with Crippen LogP contribution in [0.5, 0.6) is 0 Å². The minimum atomic E-state index is 0.695. The van der Waals surface area contributed by atoms with E-state index in [1.807, 2.05) is 19.3 Å². The molecule has 0 aliphatic heterocycles. The maximum absolute atomic E-state index is 5.27. The van der Waals surface area contributed by atoms with Crippen molar-refractivity contribution < 1.29 is 4.74 Å². The second-order valence-corrected chi connectivity index (χ2v) is 4.17. The number of hydrogen-bond acceptors (Lipinski definition) is 3. The SMILES string of the molecule is CCOCCNC(=NC)NCCc1ccncc1C. The van der Waals surface area contributed by atoms with E-state index in [0.29, 0.717) is 6.61 Å². The number of aryl methyl sites for hydroxylation is 1. The van der Waals surface area contributed by atoms with Crippen molar-refractivity contribution in [1.82, 2.24) is 15.6 Å². The number of aromatic nitrogens is 1. The molecule has 0 atom stereocenters. The minimum absolute atomic E-state index is 0.695. The summed E-state index contributed by atoms with van der Waals surface area (Å²) in [6.07, 6.45) is 4.68. The lowest BCUT2D eigenvalue weighted by molar-refractivity contribution is 0.152. The monoisotopic (exact) mass is 264 g/mol. The van der Waals surface area contributed by atoms with Crippen LogP contribution in [0.25, 0.3) is 0 Å². The molecule has 2 N–H and O–H groups in total. The Morgan fingerprint density at radius 3 is 2.84 bits per heavy atom. The van der Waals surface area contributed by atoms with Crippen LogP contribution in [-0.2, 0) is 11.2 Å². The van der Waals surface area contributed by atoms with E-state index in [1.54, 1.807) is 7.05 Å². The fourth-order valence-corrected chi connectivity index (χ4v) is 1.70. The molecule has 0 aliphatic rings. The summed E-state index contributed by atoms with van der Waals surface area (Å²) in [4.78, 5) is 8.26. The predicted molar refractivity (Wildman–Crippen MR) is 78.5 cm³/mol. The van der Waals surface area contributed by atoms with E-state index in [2.05, 4.69) is 33.6 Å². The lowest BCUT2D eigenvalue weighted by Gasteiger charge is -2.12. The summed E-state index contributed by atoms with van der Waals surface area (Å²) < 4.78 is 5.27. The summed E-state index contributed by atoms with van der Waals surface area (Å²) in [6.45, 7) is 7.12. The van der Waals surface area contributed by atoms with Gasteiger partial charge in [0, 0.05) is 39.1 Å². The summed E-state index contributed by atoms with van der Waals surface area (Å²) >= 11 is 0.